The highest BCUT2D eigenvalue weighted by atomic mass is 32.2. The molecular formula is C8H7N2O2S-. The Balaban J connectivity index is 2.86. The molecule has 4 nitrogen and oxygen atoms in total. The molecule has 0 radical (unpaired) electrons. The third-order valence-corrected chi connectivity index (χ3v) is 2.58. The average molecular weight is 195 g/mol. The number of hydrogen-bond acceptors (Lipinski definition) is 3. The van der Waals surface area contributed by atoms with E-state index in [4.69, 9.17) is 0 Å². The first kappa shape index (κ1) is 8.40. The van der Waals surface area contributed by atoms with E-state index in [1.165, 1.54) is 3.97 Å². The molecule has 2 aromatic rings. The summed E-state index contributed by atoms with van der Waals surface area (Å²) < 4.78 is 22.8. The molecule has 0 saturated heterocycles. The van der Waals surface area contributed by atoms with Gasteiger partial charge in [-0.25, -0.2) is 4.98 Å². The van der Waals surface area contributed by atoms with Crippen molar-refractivity contribution >= 4 is 22.3 Å². The van der Waals surface area contributed by atoms with E-state index < -0.39 is 11.3 Å². The number of nitrogens with zero attached hydrogens (tertiary/aromatic N) is 2. The number of aromatic nitrogens is 2. The summed E-state index contributed by atoms with van der Waals surface area (Å²) in [6.45, 7) is 1.66. The molecular weight excluding hydrogens is 188 g/mol. The third kappa shape index (κ3) is 1.26. The predicted molar refractivity (Wildman–Crippen MR) is 48.8 cm³/mol. The van der Waals surface area contributed by atoms with Crippen molar-refractivity contribution < 1.29 is 8.76 Å². The molecule has 0 bridgehead atoms. The molecule has 5 heteroatoms. The van der Waals surface area contributed by atoms with Gasteiger partial charge in [0.15, 0.2) is 0 Å². The van der Waals surface area contributed by atoms with E-state index in [-0.39, 0.29) is 0 Å². The summed E-state index contributed by atoms with van der Waals surface area (Å²) in [5, 5.41) is 0. The van der Waals surface area contributed by atoms with Crippen molar-refractivity contribution in [1.82, 2.24) is 8.96 Å². The lowest BCUT2D eigenvalue weighted by Crippen LogP contribution is -2.04. The van der Waals surface area contributed by atoms with E-state index in [1.54, 1.807) is 25.1 Å². The van der Waals surface area contributed by atoms with Crippen molar-refractivity contribution in [2.45, 2.75) is 6.92 Å². The fourth-order valence-corrected chi connectivity index (χ4v) is 1.88. The molecule has 0 fully saturated rings. The number of benzene rings is 1. The fraction of sp³-hybridized carbons (Fsp3) is 0.125. The van der Waals surface area contributed by atoms with Crippen LogP contribution in [-0.4, -0.2) is 17.7 Å². The Morgan fingerprint density at radius 1 is 1.46 bits per heavy atom. The molecule has 0 aliphatic rings. The van der Waals surface area contributed by atoms with Crippen LogP contribution in [0.3, 0.4) is 0 Å². The maximum atomic E-state index is 10.8. The zero-order valence-electron chi connectivity index (χ0n) is 6.93. The van der Waals surface area contributed by atoms with Crippen molar-refractivity contribution in [2.75, 3.05) is 0 Å². The van der Waals surface area contributed by atoms with Crippen molar-refractivity contribution in [3.63, 3.8) is 0 Å². The maximum Gasteiger partial charge on any atom is 0.118 e. The van der Waals surface area contributed by atoms with Crippen LogP contribution in [0.4, 0.5) is 0 Å². The van der Waals surface area contributed by atoms with Gasteiger partial charge in [0, 0.05) is 0 Å². The molecule has 0 aliphatic carbocycles. The Hall–Kier alpha value is -1.20. The molecule has 1 heterocycles. The number of imidazole rings is 1. The minimum absolute atomic E-state index is 0.481. The molecule has 1 atom stereocenters. The average Bonchev–Trinajstić information content (AvgIpc) is 2.39. The van der Waals surface area contributed by atoms with E-state index in [2.05, 4.69) is 4.98 Å². The second kappa shape index (κ2) is 2.93. The van der Waals surface area contributed by atoms with Gasteiger partial charge in [0.1, 0.15) is 5.82 Å². The first-order valence-corrected chi connectivity index (χ1v) is 4.77. The van der Waals surface area contributed by atoms with Crippen molar-refractivity contribution in [2.24, 2.45) is 0 Å². The molecule has 2 rings (SSSR count). The van der Waals surface area contributed by atoms with E-state index in [0.717, 1.165) is 0 Å². The number of para-hydroxylation sites is 2. The highest BCUT2D eigenvalue weighted by molar-refractivity contribution is 7.77. The van der Waals surface area contributed by atoms with E-state index in [1.807, 2.05) is 6.07 Å². The number of aryl methyl sites for hydroxylation is 1. The van der Waals surface area contributed by atoms with Gasteiger partial charge in [0.05, 0.1) is 22.3 Å². The molecule has 0 aliphatic heterocycles. The Morgan fingerprint density at radius 2 is 2.15 bits per heavy atom. The standard InChI is InChI=1S/C8H8N2O2S/c1-6-9-7-4-2-3-5-8(7)10(6)13(11)12/h2-5H,1H3,(H,11,12)/p-1. The minimum Gasteiger partial charge on any atom is -0.755 e. The Kier molecular flexibility index (Phi) is 1.90. The Labute approximate surface area is 77.6 Å². The molecule has 0 spiro atoms. The van der Waals surface area contributed by atoms with Crippen LogP contribution in [0.25, 0.3) is 11.0 Å². The smallest absolute Gasteiger partial charge is 0.118 e. The summed E-state index contributed by atoms with van der Waals surface area (Å²) in [6.07, 6.45) is 0. The second-order valence-corrected chi connectivity index (χ2v) is 3.46. The van der Waals surface area contributed by atoms with Crippen LogP contribution in [0.2, 0.25) is 0 Å². The molecule has 0 N–H and O–H groups in total. The summed E-state index contributed by atoms with van der Waals surface area (Å²) in [4.78, 5) is 4.10. The zero-order chi connectivity index (χ0) is 9.42. The lowest BCUT2D eigenvalue weighted by molar-refractivity contribution is 0.528. The molecule has 1 aromatic carbocycles. The molecule has 68 valence electrons. The summed E-state index contributed by atoms with van der Waals surface area (Å²) in [5.74, 6) is 0.481. The van der Waals surface area contributed by atoms with Crippen molar-refractivity contribution in [1.29, 1.82) is 0 Å². The van der Waals surface area contributed by atoms with Gasteiger partial charge in [-0.2, -0.15) is 0 Å². The first-order chi connectivity index (χ1) is 6.20. The highest BCUT2D eigenvalue weighted by Crippen LogP contribution is 2.15. The van der Waals surface area contributed by atoms with E-state index >= 15 is 0 Å². The molecule has 0 amide bonds. The predicted octanol–water partition coefficient (Wildman–Crippen LogP) is 0.987. The van der Waals surface area contributed by atoms with Gasteiger partial charge in [0.25, 0.3) is 0 Å². The van der Waals surface area contributed by atoms with Crippen LogP contribution in [0.15, 0.2) is 24.3 Å². The summed E-state index contributed by atoms with van der Waals surface area (Å²) >= 11 is -2.28. The van der Waals surface area contributed by atoms with Gasteiger partial charge >= 0.3 is 0 Å². The topological polar surface area (TPSA) is 58.0 Å². The van der Waals surface area contributed by atoms with Crippen LogP contribution in [0, 0.1) is 6.92 Å². The van der Waals surface area contributed by atoms with Gasteiger partial charge in [-0.1, -0.05) is 12.1 Å². The normalized spacial score (nSPS) is 13.4. The minimum atomic E-state index is -2.28. The number of hydrogen-bond donors (Lipinski definition) is 0. The summed E-state index contributed by atoms with van der Waals surface area (Å²) in [5.41, 5.74) is 1.32. The lowest BCUT2D eigenvalue weighted by Gasteiger charge is -2.08. The van der Waals surface area contributed by atoms with Crippen molar-refractivity contribution in [3.8, 4) is 0 Å². The van der Waals surface area contributed by atoms with Crippen LogP contribution in [0.1, 0.15) is 5.82 Å². The van der Waals surface area contributed by atoms with Crippen molar-refractivity contribution in [3.05, 3.63) is 30.1 Å². The Morgan fingerprint density at radius 3 is 2.85 bits per heavy atom. The SMILES string of the molecule is Cc1nc2ccccc2n1S(=O)[O-]. The maximum absolute atomic E-state index is 10.8. The van der Waals surface area contributed by atoms with Crippen LogP contribution >= 0.6 is 0 Å². The fourth-order valence-electron chi connectivity index (χ4n) is 1.31. The van der Waals surface area contributed by atoms with Crippen LogP contribution in [0.5, 0.6) is 0 Å². The zero-order valence-corrected chi connectivity index (χ0v) is 7.75. The lowest BCUT2D eigenvalue weighted by atomic mass is 10.3. The summed E-state index contributed by atoms with van der Waals surface area (Å²) in [6, 6.07) is 7.12. The molecule has 13 heavy (non-hydrogen) atoms. The van der Waals surface area contributed by atoms with E-state index in [0.29, 0.717) is 16.9 Å². The monoisotopic (exact) mass is 195 g/mol. The number of rotatable bonds is 1. The second-order valence-electron chi connectivity index (χ2n) is 2.66. The van der Waals surface area contributed by atoms with Crippen LogP contribution < -0.4 is 0 Å². The highest BCUT2D eigenvalue weighted by Gasteiger charge is 2.05. The van der Waals surface area contributed by atoms with Crippen LogP contribution in [-0.2, 0) is 11.3 Å². The third-order valence-electron chi connectivity index (χ3n) is 1.83. The van der Waals surface area contributed by atoms with E-state index in [9.17, 15) is 8.76 Å². The van der Waals surface area contributed by atoms with Gasteiger partial charge < -0.3 is 4.55 Å². The molecule has 1 unspecified atom stereocenters. The van der Waals surface area contributed by atoms with Gasteiger partial charge in [-0.05, 0) is 19.1 Å². The molecule has 1 aromatic heterocycles. The Bertz CT molecular complexity index is 478. The number of fused-ring (bicyclic) bond motifs is 1. The summed E-state index contributed by atoms with van der Waals surface area (Å²) in [7, 11) is 0. The largest absolute Gasteiger partial charge is 0.755 e. The van der Waals surface area contributed by atoms with Gasteiger partial charge in [-0.15, -0.1) is 0 Å². The van der Waals surface area contributed by atoms with Gasteiger partial charge in [-0.3, -0.25) is 8.18 Å². The van der Waals surface area contributed by atoms with Gasteiger partial charge in [0.2, 0.25) is 0 Å². The first-order valence-electron chi connectivity index (χ1n) is 3.74. The molecule has 0 saturated carbocycles. The quantitative estimate of drug-likeness (QED) is 0.637.